The van der Waals surface area contributed by atoms with Gasteiger partial charge in [0.1, 0.15) is 23.0 Å². The van der Waals surface area contributed by atoms with Gasteiger partial charge in [0.05, 0.1) is 22.7 Å². The van der Waals surface area contributed by atoms with Crippen LogP contribution in [0.5, 0.6) is 23.0 Å². The summed E-state index contributed by atoms with van der Waals surface area (Å²) in [6.07, 6.45) is 0. The second-order valence-electron chi connectivity index (χ2n) is 8.51. The van der Waals surface area contributed by atoms with E-state index in [1.54, 1.807) is 48.5 Å². The van der Waals surface area contributed by atoms with Crippen molar-refractivity contribution < 1.29 is 20.4 Å². The van der Waals surface area contributed by atoms with Crippen molar-refractivity contribution in [3.63, 3.8) is 0 Å². The molecule has 0 unspecified atom stereocenters. The van der Waals surface area contributed by atoms with E-state index in [-0.39, 0.29) is 23.0 Å². The van der Waals surface area contributed by atoms with Gasteiger partial charge in [-0.05, 0) is 74.2 Å². The molecule has 4 aromatic rings. The van der Waals surface area contributed by atoms with Crippen molar-refractivity contribution in [3.8, 4) is 23.0 Å². The van der Waals surface area contributed by atoms with E-state index in [0.29, 0.717) is 22.7 Å². The van der Waals surface area contributed by atoms with Gasteiger partial charge < -0.3 is 20.4 Å². The lowest BCUT2D eigenvalue weighted by molar-refractivity contribution is 0.473. The molecule has 0 aromatic heterocycles. The number of benzene rings is 4. The summed E-state index contributed by atoms with van der Waals surface area (Å²) in [4.78, 5) is 0. The fraction of sp³-hybridized carbons (Fsp3) is 0.143. The average Bonchev–Trinajstić information content (AvgIpc) is 2.79. The standard InChI is InChI=1S/C28H28N2O4/c1-17-5-9-21(31)13-25(17)29(26-14-22(32)10-6-18(26)2)30(27-15-23(33)11-7-19(27)3)28-16-24(34)12-8-20(28)4/h5-16,31-34H,1-4H3. The van der Waals surface area contributed by atoms with Gasteiger partial charge in [-0.15, -0.1) is 0 Å². The Morgan fingerprint density at radius 2 is 0.588 bits per heavy atom. The molecule has 34 heavy (non-hydrogen) atoms. The highest BCUT2D eigenvalue weighted by atomic mass is 16.3. The lowest BCUT2D eigenvalue weighted by Crippen LogP contribution is -2.37. The number of hydrogen-bond acceptors (Lipinski definition) is 6. The first kappa shape index (κ1) is 22.9. The Morgan fingerprint density at radius 1 is 0.382 bits per heavy atom. The minimum Gasteiger partial charge on any atom is -0.508 e. The van der Waals surface area contributed by atoms with Crippen molar-refractivity contribution in [2.75, 3.05) is 10.0 Å². The summed E-state index contributed by atoms with van der Waals surface area (Å²) in [7, 11) is 0. The molecule has 0 aliphatic heterocycles. The van der Waals surface area contributed by atoms with Gasteiger partial charge in [-0.1, -0.05) is 24.3 Å². The number of phenols is 4. The second-order valence-corrected chi connectivity index (χ2v) is 8.51. The Bertz CT molecular complexity index is 1160. The molecule has 4 rings (SSSR count). The van der Waals surface area contributed by atoms with E-state index in [1.807, 2.05) is 62.0 Å². The Balaban J connectivity index is 2.14. The summed E-state index contributed by atoms with van der Waals surface area (Å²) in [6, 6.07) is 20.4. The predicted octanol–water partition coefficient (Wildman–Crippen LogP) is 6.63. The average molecular weight is 457 g/mol. The molecule has 0 spiro atoms. The molecule has 0 aliphatic rings. The summed E-state index contributed by atoms with van der Waals surface area (Å²) < 4.78 is 0. The summed E-state index contributed by atoms with van der Waals surface area (Å²) in [5.74, 6) is 0.347. The van der Waals surface area contributed by atoms with E-state index in [4.69, 9.17) is 0 Å². The van der Waals surface area contributed by atoms with Crippen LogP contribution in [-0.2, 0) is 0 Å². The Kier molecular flexibility index (Phi) is 5.99. The van der Waals surface area contributed by atoms with Gasteiger partial charge in [0.15, 0.2) is 0 Å². The van der Waals surface area contributed by atoms with Crippen molar-refractivity contribution in [2.24, 2.45) is 0 Å². The fourth-order valence-electron chi connectivity index (χ4n) is 3.99. The molecular formula is C28H28N2O4. The summed E-state index contributed by atoms with van der Waals surface area (Å²) in [6.45, 7) is 7.73. The van der Waals surface area contributed by atoms with Crippen LogP contribution in [-0.4, -0.2) is 20.4 Å². The van der Waals surface area contributed by atoms with Crippen LogP contribution >= 0.6 is 0 Å². The molecule has 4 N–H and O–H groups in total. The number of phenolic OH excluding ortho intramolecular Hbond substituents is 4. The third kappa shape index (κ3) is 4.30. The van der Waals surface area contributed by atoms with Crippen LogP contribution < -0.4 is 10.0 Å². The number of rotatable bonds is 5. The van der Waals surface area contributed by atoms with Crippen molar-refractivity contribution in [2.45, 2.75) is 27.7 Å². The number of hydrazine groups is 1. The van der Waals surface area contributed by atoms with Crippen LogP contribution in [0.3, 0.4) is 0 Å². The molecule has 0 heterocycles. The quantitative estimate of drug-likeness (QED) is 0.252. The maximum absolute atomic E-state index is 10.4. The van der Waals surface area contributed by atoms with Crippen LogP contribution in [0, 0.1) is 27.7 Å². The summed E-state index contributed by atoms with van der Waals surface area (Å²) in [5.41, 5.74) is 6.17. The van der Waals surface area contributed by atoms with Crippen molar-refractivity contribution in [3.05, 3.63) is 95.1 Å². The Morgan fingerprint density at radius 3 is 0.794 bits per heavy atom. The molecule has 0 fully saturated rings. The molecule has 0 saturated heterocycles. The highest BCUT2D eigenvalue weighted by Crippen LogP contribution is 2.44. The van der Waals surface area contributed by atoms with Gasteiger partial charge in [-0.25, -0.2) is 10.0 Å². The van der Waals surface area contributed by atoms with Crippen molar-refractivity contribution in [1.29, 1.82) is 0 Å². The Labute approximate surface area is 199 Å². The number of hydrogen-bond donors (Lipinski definition) is 4. The zero-order chi connectivity index (χ0) is 24.6. The topological polar surface area (TPSA) is 87.4 Å². The zero-order valence-electron chi connectivity index (χ0n) is 19.6. The molecule has 0 atom stereocenters. The molecule has 0 saturated carbocycles. The summed E-state index contributed by atoms with van der Waals surface area (Å²) in [5, 5.41) is 45.4. The third-order valence-corrected chi connectivity index (χ3v) is 5.88. The minimum absolute atomic E-state index is 0.0867. The number of nitrogens with zero attached hydrogens (tertiary/aromatic N) is 2. The number of aromatic hydroxyl groups is 4. The largest absolute Gasteiger partial charge is 0.508 e. The lowest BCUT2D eigenvalue weighted by atomic mass is 10.1. The normalized spacial score (nSPS) is 10.8. The first-order valence-electron chi connectivity index (χ1n) is 10.9. The highest BCUT2D eigenvalue weighted by Gasteiger charge is 2.27. The number of aryl methyl sites for hydroxylation is 4. The second kappa shape index (κ2) is 8.90. The lowest BCUT2D eigenvalue weighted by Gasteiger charge is -2.41. The minimum atomic E-state index is 0.0867. The molecule has 0 amide bonds. The van der Waals surface area contributed by atoms with Crippen molar-refractivity contribution in [1.82, 2.24) is 0 Å². The predicted molar refractivity (Wildman–Crippen MR) is 136 cm³/mol. The SMILES string of the molecule is Cc1ccc(O)cc1N(c1cc(O)ccc1C)N(c1cc(O)ccc1C)c1cc(O)ccc1C. The molecular weight excluding hydrogens is 428 g/mol. The fourth-order valence-corrected chi connectivity index (χ4v) is 3.99. The zero-order valence-corrected chi connectivity index (χ0v) is 19.6. The van der Waals surface area contributed by atoms with E-state index in [9.17, 15) is 20.4 Å². The Hall–Kier alpha value is -4.32. The maximum atomic E-state index is 10.4. The molecule has 0 bridgehead atoms. The van der Waals surface area contributed by atoms with Crippen LogP contribution in [0.4, 0.5) is 22.7 Å². The molecule has 6 heteroatoms. The van der Waals surface area contributed by atoms with E-state index in [2.05, 4.69) is 0 Å². The summed E-state index contributed by atoms with van der Waals surface area (Å²) >= 11 is 0. The van der Waals surface area contributed by atoms with Gasteiger partial charge in [-0.2, -0.15) is 0 Å². The van der Waals surface area contributed by atoms with Crippen LogP contribution in [0.2, 0.25) is 0 Å². The van der Waals surface area contributed by atoms with Crippen LogP contribution in [0.25, 0.3) is 0 Å². The van der Waals surface area contributed by atoms with Gasteiger partial charge in [-0.3, -0.25) is 0 Å². The van der Waals surface area contributed by atoms with Gasteiger partial charge in [0, 0.05) is 24.3 Å². The van der Waals surface area contributed by atoms with E-state index in [1.165, 1.54) is 0 Å². The first-order valence-corrected chi connectivity index (χ1v) is 10.9. The third-order valence-electron chi connectivity index (χ3n) is 5.88. The molecule has 6 nitrogen and oxygen atoms in total. The van der Waals surface area contributed by atoms with Gasteiger partial charge >= 0.3 is 0 Å². The van der Waals surface area contributed by atoms with Crippen LogP contribution in [0.1, 0.15) is 22.3 Å². The van der Waals surface area contributed by atoms with E-state index < -0.39 is 0 Å². The smallest absolute Gasteiger partial charge is 0.117 e. The number of anilines is 4. The molecule has 0 radical (unpaired) electrons. The van der Waals surface area contributed by atoms with Crippen molar-refractivity contribution >= 4 is 22.7 Å². The molecule has 0 aliphatic carbocycles. The molecule has 4 aromatic carbocycles. The highest BCUT2D eigenvalue weighted by molar-refractivity contribution is 5.83. The monoisotopic (exact) mass is 456 g/mol. The molecule has 174 valence electrons. The van der Waals surface area contributed by atoms with Gasteiger partial charge in [0.25, 0.3) is 0 Å². The van der Waals surface area contributed by atoms with E-state index in [0.717, 1.165) is 22.3 Å². The van der Waals surface area contributed by atoms with Gasteiger partial charge in [0.2, 0.25) is 0 Å². The van der Waals surface area contributed by atoms with Crippen LogP contribution in [0.15, 0.2) is 72.8 Å². The van der Waals surface area contributed by atoms with E-state index >= 15 is 0 Å². The first-order chi connectivity index (χ1) is 16.2. The maximum Gasteiger partial charge on any atom is 0.117 e.